The minimum absolute atomic E-state index is 0.233. The lowest BCUT2D eigenvalue weighted by molar-refractivity contribution is 0.0824. The van der Waals surface area contributed by atoms with Crippen molar-refractivity contribution in [2.75, 3.05) is 21.1 Å². The van der Waals surface area contributed by atoms with E-state index >= 15 is 0 Å². The van der Waals surface area contributed by atoms with Crippen LogP contribution in [0.3, 0.4) is 0 Å². The third kappa shape index (κ3) is 2.98. The second kappa shape index (κ2) is 5.50. The van der Waals surface area contributed by atoms with Crippen molar-refractivity contribution >= 4 is 0 Å². The minimum Gasteiger partial charge on any atom is -0.315 e. The average molecular weight is 226 g/mol. The summed E-state index contributed by atoms with van der Waals surface area (Å²) in [7, 11) is 6.50. The van der Waals surface area contributed by atoms with Crippen LogP contribution in [-0.2, 0) is 0 Å². The predicted molar refractivity (Wildman–Crippen MR) is 71.7 cm³/mol. The Balaban J connectivity index is 2.73. The summed E-state index contributed by atoms with van der Waals surface area (Å²) in [4.78, 5) is 2.35. The number of rotatable bonds is 4. The van der Waals surface area contributed by atoms with Gasteiger partial charge in [-0.05, 0) is 59.7 Å². The Morgan fingerprint density at radius 1 is 1.25 bits per heavy atom. The van der Waals surface area contributed by atoms with E-state index in [1.807, 2.05) is 0 Å². The third-order valence-electron chi connectivity index (χ3n) is 4.67. The predicted octanol–water partition coefficient (Wildman–Crippen LogP) is 2.74. The van der Waals surface area contributed by atoms with Crippen molar-refractivity contribution in [3.8, 4) is 0 Å². The molecule has 0 aromatic heterocycles. The SMILES string of the molecule is CNC(C1CCCC(C)C1)C(C)(C)N(C)C. The van der Waals surface area contributed by atoms with Crippen molar-refractivity contribution in [1.82, 2.24) is 10.2 Å². The number of nitrogens with one attached hydrogen (secondary N) is 1. The van der Waals surface area contributed by atoms with Crippen molar-refractivity contribution < 1.29 is 0 Å². The first kappa shape index (κ1) is 14.0. The van der Waals surface area contributed by atoms with Gasteiger partial charge in [0.25, 0.3) is 0 Å². The van der Waals surface area contributed by atoms with E-state index in [0.29, 0.717) is 6.04 Å². The van der Waals surface area contributed by atoms with Crippen molar-refractivity contribution in [3.63, 3.8) is 0 Å². The van der Waals surface area contributed by atoms with Crippen molar-refractivity contribution in [1.29, 1.82) is 0 Å². The summed E-state index contributed by atoms with van der Waals surface area (Å²) in [5, 5.41) is 3.57. The first-order valence-corrected chi connectivity index (χ1v) is 6.74. The molecule has 2 nitrogen and oxygen atoms in total. The summed E-state index contributed by atoms with van der Waals surface area (Å²) in [5.41, 5.74) is 0.233. The van der Waals surface area contributed by atoms with E-state index in [1.165, 1.54) is 25.7 Å². The maximum Gasteiger partial charge on any atom is 0.0302 e. The van der Waals surface area contributed by atoms with Crippen LogP contribution < -0.4 is 5.32 Å². The topological polar surface area (TPSA) is 15.3 Å². The van der Waals surface area contributed by atoms with Gasteiger partial charge in [-0.3, -0.25) is 0 Å². The smallest absolute Gasteiger partial charge is 0.0302 e. The molecule has 96 valence electrons. The maximum atomic E-state index is 3.57. The molecule has 0 bridgehead atoms. The molecule has 0 aromatic rings. The molecule has 1 fully saturated rings. The second-order valence-electron chi connectivity index (χ2n) is 6.35. The van der Waals surface area contributed by atoms with Crippen LogP contribution in [0.25, 0.3) is 0 Å². The van der Waals surface area contributed by atoms with Gasteiger partial charge in [0.1, 0.15) is 0 Å². The molecular formula is C14H30N2. The van der Waals surface area contributed by atoms with Gasteiger partial charge in [-0.2, -0.15) is 0 Å². The summed E-state index contributed by atoms with van der Waals surface area (Å²) in [6, 6.07) is 0.602. The second-order valence-corrected chi connectivity index (χ2v) is 6.35. The number of hydrogen-bond donors (Lipinski definition) is 1. The van der Waals surface area contributed by atoms with Crippen LogP contribution in [-0.4, -0.2) is 37.6 Å². The molecule has 0 spiro atoms. The maximum absolute atomic E-state index is 3.57. The fraction of sp³-hybridized carbons (Fsp3) is 1.00. The van der Waals surface area contributed by atoms with Crippen molar-refractivity contribution in [2.45, 2.75) is 58.0 Å². The summed E-state index contributed by atoms with van der Waals surface area (Å²) in [5.74, 6) is 1.75. The zero-order valence-corrected chi connectivity index (χ0v) is 12.0. The molecule has 0 saturated heterocycles. The van der Waals surface area contributed by atoms with Gasteiger partial charge in [0, 0.05) is 11.6 Å². The van der Waals surface area contributed by atoms with Crippen LogP contribution in [0.1, 0.15) is 46.5 Å². The highest BCUT2D eigenvalue weighted by Gasteiger charge is 2.37. The molecule has 0 aromatic carbocycles. The zero-order valence-electron chi connectivity index (χ0n) is 12.0. The van der Waals surface area contributed by atoms with Crippen LogP contribution in [0.2, 0.25) is 0 Å². The van der Waals surface area contributed by atoms with Crippen molar-refractivity contribution in [2.24, 2.45) is 11.8 Å². The molecule has 1 rings (SSSR count). The standard InChI is InChI=1S/C14H30N2/c1-11-8-7-9-12(10-11)13(15-4)14(2,3)16(5)6/h11-13,15H,7-10H2,1-6H3. The van der Waals surface area contributed by atoms with E-state index in [4.69, 9.17) is 0 Å². The highest BCUT2D eigenvalue weighted by atomic mass is 15.2. The molecule has 0 aliphatic heterocycles. The van der Waals surface area contributed by atoms with Gasteiger partial charge in [0.2, 0.25) is 0 Å². The number of nitrogens with zero attached hydrogens (tertiary/aromatic N) is 1. The van der Waals surface area contributed by atoms with Crippen LogP contribution in [0, 0.1) is 11.8 Å². The van der Waals surface area contributed by atoms with Gasteiger partial charge < -0.3 is 10.2 Å². The Labute approximate surface area is 102 Å². The molecule has 16 heavy (non-hydrogen) atoms. The summed E-state index contributed by atoms with van der Waals surface area (Å²) in [6.45, 7) is 7.11. The van der Waals surface area contributed by atoms with Crippen molar-refractivity contribution in [3.05, 3.63) is 0 Å². The Bertz CT molecular complexity index is 211. The Morgan fingerprint density at radius 2 is 1.88 bits per heavy atom. The lowest BCUT2D eigenvalue weighted by atomic mass is 9.73. The van der Waals surface area contributed by atoms with E-state index in [1.54, 1.807) is 0 Å². The molecule has 3 unspecified atom stereocenters. The lowest BCUT2D eigenvalue weighted by Crippen LogP contribution is -2.58. The van der Waals surface area contributed by atoms with E-state index in [2.05, 4.69) is 52.1 Å². The summed E-state index contributed by atoms with van der Waals surface area (Å²) >= 11 is 0. The van der Waals surface area contributed by atoms with Crippen LogP contribution in [0.4, 0.5) is 0 Å². The number of hydrogen-bond acceptors (Lipinski definition) is 2. The average Bonchev–Trinajstić information content (AvgIpc) is 2.18. The highest BCUT2D eigenvalue weighted by molar-refractivity contribution is 4.96. The molecule has 0 radical (unpaired) electrons. The van der Waals surface area contributed by atoms with E-state index in [0.717, 1.165) is 11.8 Å². The van der Waals surface area contributed by atoms with E-state index in [9.17, 15) is 0 Å². The van der Waals surface area contributed by atoms with E-state index in [-0.39, 0.29) is 5.54 Å². The van der Waals surface area contributed by atoms with Gasteiger partial charge >= 0.3 is 0 Å². The summed E-state index contributed by atoms with van der Waals surface area (Å²) < 4.78 is 0. The monoisotopic (exact) mass is 226 g/mol. The molecule has 2 heteroatoms. The largest absolute Gasteiger partial charge is 0.315 e. The zero-order chi connectivity index (χ0) is 12.3. The highest BCUT2D eigenvalue weighted by Crippen LogP contribution is 2.35. The Hall–Kier alpha value is -0.0800. The van der Waals surface area contributed by atoms with Gasteiger partial charge in [-0.25, -0.2) is 0 Å². The molecular weight excluding hydrogens is 196 g/mol. The van der Waals surface area contributed by atoms with Gasteiger partial charge in [-0.1, -0.05) is 19.8 Å². The molecule has 1 N–H and O–H groups in total. The first-order chi connectivity index (χ1) is 7.39. The molecule has 1 aliphatic carbocycles. The third-order valence-corrected chi connectivity index (χ3v) is 4.67. The molecule has 3 atom stereocenters. The first-order valence-electron chi connectivity index (χ1n) is 6.74. The van der Waals surface area contributed by atoms with Gasteiger partial charge in [0.15, 0.2) is 0 Å². The fourth-order valence-corrected chi connectivity index (χ4v) is 3.23. The summed E-state index contributed by atoms with van der Waals surface area (Å²) in [6.07, 6.45) is 5.62. The quantitative estimate of drug-likeness (QED) is 0.793. The molecule has 0 heterocycles. The fourth-order valence-electron chi connectivity index (χ4n) is 3.23. The van der Waals surface area contributed by atoms with Crippen LogP contribution in [0.5, 0.6) is 0 Å². The minimum atomic E-state index is 0.233. The Morgan fingerprint density at radius 3 is 2.31 bits per heavy atom. The number of likely N-dealkylation sites (N-methyl/N-ethyl adjacent to an activating group) is 2. The van der Waals surface area contributed by atoms with Crippen LogP contribution >= 0.6 is 0 Å². The molecule has 1 saturated carbocycles. The van der Waals surface area contributed by atoms with E-state index < -0.39 is 0 Å². The lowest BCUT2D eigenvalue weighted by Gasteiger charge is -2.46. The molecule has 0 amide bonds. The Kier molecular flexibility index (Phi) is 4.81. The normalized spacial score (nSPS) is 29.4. The van der Waals surface area contributed by atoms with Crippen LogP contribution in [0.15, 0.2) is 0 Å². The van der Waals surface area contributed by atoms with Gasteiger partial charge in [-0.15, -0.1) is 0 Å². The van der Waals surface area contributed by atoms with Gasteiger partial charge in [0.05, 0.1) is 0 Å². The molecule has 1 aliphatic rings.